The molecular formula is C13H18ClNO. The quantitative estimate of drug-likeness (QED) is 0.740. The predicted octanol–water partition coefficient (Wildman–Crippen LogP) is 3.00. The highest BCUT2D eigenvalue weighted by atomic mass is 35.5. The van der Waals surface area contributed by atoms with E-state index in [1.54, 1.807) is 4.90 Å². The Bertz CT molecular complexity index is 356. The minimum atomic E-state index is 0.0822. The lowest BCUT2D eigenvalue weighted by Gasteiger charge is -2.21. The van der Waals surface area contributed by atoms with Crippen LogP contribution in [0.5, 0.6) is 0 Å². The zero-order valence-corrected chi connectivity index (χ0v) is 10.8. The van der Waals surface area contributed by atoms with E-state index in [1.807, 2.05) is 39.0 Å². The number of alkyl halides is 1. The summed E-state index contributed by atoms with van der Waals surface area (Å²) in [5.41, 5.74) is 2.87. The summed E-state index contributed by atoms with van der Waals surface area (Å²) < 4.78 is 0. The van der Waals surface area contributed by atoms with Crippen molar-refractivity contribution in [2.24, 2.45) is 0 Å². The van der Waals surface area contributed by atoms with Crippen LogP contribution in [-0.2, 0) is 0 Å². The SMILES string of the molecule is CCN(CCCl)C(=O)c1c(C)cccc1C. The van der Waals surface area contributed by atoms with Crippen LogP contribution in [-0.4, -0.2) is 29.8 Å². The van der Waals surface area contributed by atoms with Crippen molar-refractivity contribution in [3.8, 4) is 0 Å². The molecule has 0 bridgehead atoms. The molecule has 0 aliphatic heterocycles. The van der Waals surface area contributed by atoms with Gasteiger partial charge in [-0.1, -0.05) is 18.2 Å². The summed E-state index contributed by atoms with van der Waals surface area (Å²) >= 11 is 5.69. The summed E-state index contributed by atoms with van der Waals surface area (Å²) in [7, 11) is 0. The monoisotopic (exact) mass is 239 g/mol. The Morgan fingerprint density at radius 3 is 2.31 bits per heavy atom. The highest BCUT2D eigenvalue weighted by Crippen LogP contribution is 2.15. The molecule has 0 aromatic heterocycles. The van der Waals surface area contributed by atoms with E-state index in [4.69, 9.17) is 11.6 Å². The van der Waals surface area contributed by atoms with Crippen LogP contribution in [0.3, 0.4) is 0 Å². The highest BCUT2D eigenvalue weighted by Gasteiger charge is 2.17. The number of aryl methyl sites for hydroxylation is 2. The van der Waals surface area contributed by atoms with Crippen LogP contribution in [0.1, 0.15) is 28.4 Å². The maximum Gasteiger partial charge on any atom is 0.254 e. The molecule has 2 nitrogen and oxygen atoms in total. The molecule has 0 saturated carbocycles. The molecule has 0 fully saturated rings. The van der Waals surface area contributed by atoms with Gasteiger partial charge in [-0.25, -0.2) is 0 Å². The van der Waals surface area contributed by atoms with Gasteiger partial charge in [0.05, 0.1) is 0 Å². The van der Waals surface area contributed by atoms with Gasteiger partial charge in [-0.05, 0) is 31.9 Å². The molecule has 16 heavy (non-hydrogen) atoms. The van der Waals surface area contributed by atoms with Crippen molar-refractivity contribution >= 4 is 17.5 Å². The van der Waals surface area contributed by atoms with Crippen molar-refractivity contribution in [1.29, 1.82) is 0 Å². The van der Waals surface area contributed by atoms with Gasteiger partial charge in [-0.15, -0.1) is 11.6 Å². The van der Waals surface area contributed by atoms with Crippen molar-refractivity contribution in [3.05, 3.63) is 34.9 Å². The molecule has 0 spiro atoms. The van der Waals surface area contributed by atoms with Gasteiger partial charge in [0.1, 0.15) is 0 Å². The number of benzene rings is 1. The van der Waals surface area contributed by atoms with E-state index in [-0.39, 0.29) is 5.91 Å². The zero-order valence-electron chi connectivity index (χ0n) is 10.1. The standard InChI is InChI=1S/C13H18ClNO/c1-4-15(9-8-14)13(16)12-10(2)6-5-7-11(12)3/h5-7H,4,8-9H2,1-3H3. The summed E-state index contributed by atoms with van der Waals surface area (Å²) in [5.74, 6) is 0.559. The topological polar surface area (TPSA) is 20.3 Å². The molecule has 0 radical (unpaired) electrons. The third-order valence-corrected chi connectivity index (χ3v) is 2.89. The Hall–Kier alpha value is -1.02. The van der Waals surface area contributed by atoms with Crippen LogP contribution in [0.25, 0.3) is 0 Å². The van der Waals surface area contributed by atoms with Crippen molar-refractivity contribution in [3.63, 3.8) is 0 Å². The lowest BCUT2D eigenvalue weighted by Crippen LogP contribution is -2.33. The maximum absolute atomic E-state index is 12.3. The summed E-state index contributed by atoms with van der Waals surface area (Å²) in [6.07, 6.45) is 0. The average Bonchev–Trinajstić information content (AvgIpc) is 2.25. The molecule has 0 N–H and O–H groups in total. The molecule has 0 aliphatic rings. The molecule has 3 heteroatoms. The second kappa shape index (κ2) is 5.90. The number of amides is 1. The number of halogens is 1. The van der Waals surface area contributed by atoms with E-state index in [1.165, 1.54) is 0 Å². The van der Waals surface area contributed by atoms with Crippen molar-refractivity contribution in [2.75, 3.05) is 19.0 Å². The minimum Gasteiger partial charge on any atom is -0.338 e. The molecule has 88 valence electrons. The van der Waals surface area contributed by atoms with Gasteiger partial charge >= 0.3 is 0 Å². The molecule has 0 heterocycles. The summed E-state index contributed by atoms with van der Waals surface area (Å²) in [5, 5.41) is 0. The van der Waals surface area contributed by atoms with Crippen LogP contribution < -0.4 is 0 Å². The number of nitrogens with zero attached hydrogens (tertiary/aromatic N) is 1. The van der Waals surface area contributed by atoms with E-state index < -0.39 is 0 Å². The Labute approximate surface area is 102 Å². The number of hydrogen-bond donors (Lipinski definition) is 0. The predicted molar refractivity (Wildman–Crippen MR) is 68.2 cm³/mol. The largest absolute Gasteiger partial charge is 0.338 e. The van der Waals surface area contributed by atoms with Crippen molar-refractivity contribution in [1.82, 2.24) is 4.90 Å². The van der Waals surface area contributed by atoms with Crippen LogP contribution in [0, 0.1) is 13.8 Å². The molecule has 0 saturated heterocycles. The smallest absolute Gasteiger partial charge is 0.254 e. The Balaban J connectivity index is 3.03. The molecule has 1 rings (SSSR count). The van der Waals surface area contributed by atoms with Gasteiger partial charge in [0.15, 0.2) is 0 Å². The second-order valence-corrected chi connectivity index (χ2v) is 4.22. The van der Waals surface area contributed by atoms with Gasteiger partial charge in [0.25, 0.3) is 5.91 Å². The molecule has 1 aromatic carbocycles. The fraction of sp³-hybridized carbons (Fsp3) is 0.462. The third-order valence-electron chi connectivity index (χ3n) is 2.72. The Kier molecular flexibility index (Phi) is 4.81. The first kappa shape index (κ1) is 13.0. The number of carbonyl (C=O) groups excluding carboxylic acids is 1. The van der Waals surface area contributed by atoms with Crippen LogP contribution in [0.2, 0.25) is 0 Å². The van der Waals surface area contributed by atoms with Gasteiger partial charge in [0, 0.05) is 24.5 Å². The summed E-state index contributed by atoms with van der Waals surface area (Å²) in [4.78, 5) is 14.1. The maximum atomic E-state index is 12.3. The Morgan fingerprint density at radius 2 is 1.88 bits per heavy atom. The molecule has 0 aliphatic carbocycles. The lowest BCUT2D eigenvalue weighted by molar-refractivity contribution is 0.0772. The van der Waals surface area contributed by atoms with Gasteiger partial charge in [-0.2, -0.15) is 0 Å². The normalized spacial score (nSPS) is 10.2. The Morgan fingerprint density at radius 1 is 1.31 bits per heavy atom. The van der Waals surface area contributed by atoms with E-state index in [0.29, 0.717) is 19.0 Å². The second-order valence-electron chi connectivity index (χ2n) is 3.84. The molecule has 1 amide bonds. The molecular weight excluding hydrogens is 222 g/mol. The highest BCUT2D eigenvalue weighted by molar-refractivity contribution is 6.18. The molecule has 1 aromatic rings. The fourth-order valence-electron chi connectivity index (χ4n) is 1.82. The number of carbonyl (C=O) groups is 1. The minimum absolute atomic E-state index is 0.0822. The third kappa shape index (κ3) is 2.76. The fourth-order valence-corrected chi connectivity index (χ4v) is 2.02. The first-order valence-corrected chi connectivity index (χ1v) is 6.06. The van der Waals surface area contributed by atoms with Crippen molar-refractivity contribution < 1.29 is 4.79 Å². The average molecular weight is 240 g/mol. The molecule has 0 unspecified atom stereocenters. The number of rotatable bonds is 4. The zero-order chi connectivity index (χ0) is 12.1. The van der Waals surface area contributed by atoms with Crippen LogP contribution >= 0.6 is 11.6 Å². The van der Waals surface area contributed by atoms with Crippen molar-refractivity contribution in [2.45, 2.75) is 20.8 Å². The van der Waals surface area contributed by atoms with Crippen LogP contribution in [0.15, 0.2) is 18.2 Å². The van der Waals surface area contributed by atoms with E-state index in [9.17, 15) is 4.79 Å². The number of hydrogen-bond acceptors (Lipinski definition) is 1. The van der Waals surface area contributed by atoms with E-state index >= 15 is 0 Å². The van der Waals surface area contributed by atoms with Gasteiger partial charge < -0.3 is 4.90 Å². The first-order chi connectivity index (χ1) is 7.61. The lowest BCUT2D eigenvalue weighted by atomic mass is 10.0. The molecule has 0 atom stereocenters. The van der Waals surface area contributed by atoms with Crippen LogP contribution in [0.4, 0.5) is 0 Å². The van der Waals surface area contributed by atoms with E-state index in [2.05, 4.69) is 0 Å². The van der Waals surface area contributed by atoms with E-state index in [0.717, 1.165) is 16.7 Å². The summed E-state index contributed by atoms with van der Waals surface area (Å²) in [6.45, 7) is 7.20. The summed E-state index contributed by atoms with van der Waals surface area (Å²) in [6, 6.07) is 5.91. The first-order valence-electron chi connectivity index (χ1n) is 5.53. The van der Waals surface area contributed by atoms with Gasteiger partial charge in [-0.3, -0.25) is 4.79 Å². The van der Waals surface area contributed by atoms with Gasteiger partial charge in [0.2, 0.25) is 0 Å².